The third-order valence-corrected chi connectivity index (χ3v) is 3.46. The number of carbonyl (C=O) groups excluding carboxylic acids is 1. The number of rotatable bonds is 5. The zero-order chi connectivity index (χ0) is 16.9. The van der Waals surface area contributed by atoms with E-state index in [9.17, 15) is 14.7 Å². The summed E-state index contributed by atoms with van der Waals surface area (Å²) in [4.78, 5) is 36.1. The van der Waals surface area contributed by atoms with Gasteiger partial charge in [0.05, 0.1) is 16.7 Å². The Morgan fingerprint density at radius 2 is 1.79 bits per heavy atom. The maximum absolute atomic E-state index is 12.1. The van der Waals surface area contributed by atoms with E-state index in [-0.39, 0.29) is 6.42 Å². The van der Waals surface area contributed by atoms with Gasteiger partial charge in [-0.05, 0) is 24.3 Å². The molecule has 7 nitrogen and oxygen atoms in total. The number of para-hydroxylation sites is 2. The lowest BCUT2D eigenvalue weighted by molar-refractivity contribution is -0.139. The first-order valence-electron chi connectivity index (χ1n) is 7.28. The molecule has 2 heterocycles. The second-order valence-electron chi connectivity index (χ2n) is 5.15. The van der Waals surface area contributed by atoms with E-state index in [2.05, 4.69) is 20.3 Å². The highest BCUT2D eigenvalue weighted by Crippen LogP contribution is 2.10. The van der Waals surface area contributed by atoms with Crippen molar-refractivity contribution in [3.05, 3.63) is 66.2 Å². The van der Waals surface area contributed by atoms with E-state index in [1.807, 2.05) is 18.2 Å². The van der Waals surface area contributed by atoms with E-state index >= 15 is 0 Å². The molecule has 3 aromatic rings. The van der Waals surface area contributed by atoms with Gasteiger partial charge in [0.15, 0.2) is 0 Å². The molecule has 1 aromatic carbocycles. The molecule has 2 N–H and O–H groups in total. The van der Waals surface area contributed by atoms with E-state index < -0.39 is 17.9 Å². The number of hydrogen-bond acceptors (Lipinski definition) is 5. The summed E-state index contributed by atoms with van der Waals surface area (Å²) in [5, 5.41) is 11.9. The number of aliphatic carboxylic acids is 1. The second kappa shape index (κ2) is 6.82. The largest absolute Gasteiger partial charge is 0.480 e. The van der Waals surface area contributed by atoms with Gasteiger partial charge in [0.1, 0.15) is 6.04 Å². The monoisotopic (exact) mass is 322 g/mol. The maximum Gasteiger partial charge on any atom is 0.326 e. The summed E-state index contributed by atoms with van der Waals surface area (Å²) in [6.45, 7) is 0. The van der Waals surface area contributed by atoms with Crippen LogP contribution in [0, 0.1) is 0 Å². The summed E-state index contributed by atoms with van der Waals surface area (Å²) < 4.78 is 0. The lowest BCUT2D eigenvalue weighted by atomic mass is 10.1. The van der Waals surface area contributed by atoms with Crippen molar-refractivity contribution in [1.29, 1.82) is 0 Å². The normalized spacial score (nSPS) is 11.8. The quantitative estimate of drug-likeness (QED) is 0.736. The highest BCUT2D eigenvalue weighted by atomic mass is 16.4. The SMILES string of the molecule is O=C(N[C@H](Cc1cnc2ccccc2n1)C(=O)O)c1ccncc1. The van der Waals surface area contributed by atoms with E-state index in [0.29, 0.717) is 16.8 Å². The van der Waals surface area contributed by atoms with Gasteiger partial charge in [-0.2, -0.15) is 0 Å². The number of carboxylic acid groups (broad SMARTS) is 1. The number of carboxylic acids is 1. The molecule has 120 valence electrons. The van der Waals surface area contributed by atoms with E-state index in [1.165, 1.54) is 30.7 Å². The van der Waals surface area contributed by atoms with Gasteiger partial charge >= 0.3 is 5.97 Å². The minimum absolute atomic E-state index is 0.0456. The number of nitrogens with one attached hydrogen (secondary N) is 1. The number of fused-ring (bicyclic) bond motifs is 1. The lowest BCUT2D eigenvalue weighted by Crippen LogP contribution is -2.42. The molecule has 0 fully saturated rings. The van der Waals surface area contributed by atoms with Gasteiger partial charge in [0, 0.05) is 30.6 Å². The number of benzene rings is 1. The van der Waals surface area contributed by atoms with Crippen LogP contribution in [0.25, 0.3) is 11.0 Å². The minimum Gasteiger partial charge on any atom is -0.480 e. The zero-order valence-electron chi connectivity index (χ0n) is 12.6. The third-order valence-electron chi connectivity index (χ3n) is 3.46. The van der Waals surface area contributed by atoms with Crippen LogP contribution < -0.4 is 5.32 Å². The van der Waals surface area contributed by atoms with Crippen molar-refractivity contribution in [3.63, 3.8) is 0 Å². The Balaban J connectivity index is 1.78. The predicted molar refractivity (Wildman–Crippen MR) is 86.4 cm³/mol. The molecule has 0 aliphatic heterocycles. The van der Waals surface area contributed by atoms with Crippen LogP contribution >= 0.6 is 0 Å². The number of amides is 1. The van der Waals surface area contributed by atoms with Crippen molar-refractivity contribution in [1.82, 2.24) is 20.3 Å². The minimum atomic E-state index is -1.13. The smallest absolute Gasteiger partial charge is 0.326 e. The number of pyridine rings is 1. The molecule has 0 saturated heterocycles. The summed E-state index contributed by atoms with van der Waals surface area (Å²) >= 11 is 0. The fraction of sp³-hybridized carbons (Fsp3) is 0.118. The average Bonchev–Trinajstić information content (AvgIpc) is 2.61. The predicted octanol–water partition coefficient (Wildman–Crippen LogP) is 1.45. The molecule has 0 radical (unpaired) electrons. The molecule has 0 unspecified atom stereocenters. The third kappa shape index (κ3) is 3.52. The molecule has 0 spiro atoms. The van der Waals surface area contributed by atoms with Crippen LogP contribution in [0.15, 0.2) is 55.0 Å². The number of carbonyl (C=O) groups is 2. The second-order valence-corrected chi connectivity index (χ2v) is 5.15. The molecule has 0 bridgehead atoms. The molecule has 0 aliphatic carbocycles. The maximum atomic E-state index is 12.1. The van der Waals surface area contributed by atoms with E-state index in [0.717, 1.165) is 5.52 Å². The standard InChI is InChI=1S/C17H14N4O3/c22-16(11-5-7-18-8-6-11)21-15(17(23)24)9-12-10-19-13-3-1-2-4-14(13)20-12/h1-8,10,15H,9H2,(H,21,22)(H,23,24)/t15-/m1/s1. The van der Waals surface area contributed by atoms with Crippen LogP contribution in [0.1, 0.15) is 16.1 Å². The summed E-state index contributed by atoms with van der Waals surface area (Å²) in [6.07, 6.45) is 4.51. The Hall–Kier alpha value is -3.35. The molecule has 24 heavy (non-hydrogen) atoms. The Bertz CT molecular complexity index is 883. The molecular formula is C17H14N4O3. The Kier molecular flexibility index (Phi) is 4.42. The van der Waals surface area contributed by atoms with Gasteiger partial charge in [-0.3, -0.25) is 14.8 Å². The summed E-state index contributed by atoms with van der Waals surface area (Å²) in [6, 6.07) is 9.25. The first-order chi connectivity index (χ1) is 11.6. The number of hydrogen-bond donors (Lipinski definition) is 2. The van der Waals surface area contributed by atoms with Gasteiger partial charge in [0.2, 0.25) is 0 Å². The van der Waals surface area contributed by atoms with Crippen molar-refractivity contribution >= 4 is 22.9 Å². The molecule has 2 aromatic heterocycles. The van der Waals surface area contributed by atoms with Crippen LogP contribution in [-0.2, 0) is 11.2 Å². The first kappa shape index (κ1) is 15.5. The molecule has 0 saturated carbocycles. The summed E-state index contributed by atoms with van der Waals surface area (Å²) in [5.41, 5.74) is 2.26. The summed E-state index contributed by atoms with van der Waals surface area (Å²) in [7, 11) is 0. The zero-order valence-corrected chi connectivity index (χ0v) is 12.6. The van der Waals surface area contributed by atoms with Crippen molar-refractivity contribution in [3.8, 4) is 0 Å². The number of nitrogens with zero attached hydrogens (tertiary/aromatic N) is 3. The van der Waals surface area contributed by atoms with Gasteiger partial charge in [-0.15, -0.1) is 0 Å². The highest BCUT2D eigenvalue weighted by Gasteiger charge is 2.22. The topological polar surface area (TPSA) is 105 Å². The summed E-state index contributed by atoms with van der Waals surface area (Å²) in [5.74, 6) is -1.61. The van der Waals surface area contributed by atoms with Crippen molar-refractivity contribution in [2.45, 2.75) is 12.5 Å². The van der Waals surface area contributed by atoms with Crippen LogP contribution in [0.5, 0.6) is 0 Å². The van der Waals surface area contributed by atoms with E-state index in [1.54, 1.807) is 6.07 Å². The molecule has 1 atom stereocenters. The van der Waals surface area contributed by atoms with Gasteiger partial charge in [-0.25, -0.2) is 9.78 Å². The fourth-order valence-electron chi connectivity index (χ4n) is 2.25. The molecule has 7 heteroatoms. The van der Waals surface area contributed by atoms with Crippen LogP contribution in [-0.4, -0.2) is 38.0 Å². The Morgan fingerprint density at radius 1 is 1.08 bits per heavy atom. The molecule has 3 rings (SSSR count). The fourth-order valence-corrected chi connectivity index (χ4v) is 2.25. The Morgan fingerprint density at radius 3 is 2.50 bits per heavy atom. The van der Waals surface area contributed by atoms with E-state index in [4.69, 9.17) is 0 Å². The Labute approximate surface area is 137 Å². The molecule has 0 aliphatic rings. The van der Waals surface area contributed by atoms with Crippen LogP contribution in [0.3, 0.4) is 0 Å². The molecular weight excluding hydrogens is 308 g/mol. The van der Waals surface area contributed by atoms with Crippen LogP contribution in [0.4, 0.5) is 0 Å². The van der Waals surface area contributed by atoms with Gasteiger partial charge in [0.25, 0.3) is 5.91 Å². The highest BCUT2D eigenvalue weighted by molar-refractivity contribution is 5.96. The van der Waals surface area contributed by atoms with Crippen molar-refractivity contribution < 1.29 is 14.7 Å². The van der Waals surface area contributed by atoms with Gasteiger partial charge < -0.3 is 10.4 Å². The van der Waals surface area contributed by atoms with Gasteiger partial charge in [-0.1, -0.05) is 12.1 Å². The average molecular weight is 322 g/mol. The first-order valence-corrected chi connectivity index (χ1v) is 7.28. The molecule has 1 amide bonds. The number of aromatic nitrogens is 3. The lowest BCUT2D eigenvalue weighted by Gasteiger charge is -2.14. The van der Waals surface area contributed by atoms with Crippen LogP contribution in [0.2, 0.25) is 0 Å². The van der Waals surface area contributed by atoms with Crippen molar-refractivity contribution in [2.75, 3.05) is 0 Å². The van der Waals surface area contributed by atoms with Crippen molar-refractivity contribution in [2.24, 2.45) is 0 Å².